The van der Waals surface area contributed by atoms with Gasteiger partial charge in [0, 0.05) is 23.7 Å². The Bertz CT molecular complexity index is 753. The van der Waals surface area contributed by atoms with Gasteiger partial charge in [0.2, 0.25) is 0 Å². The summed E-state index contributed by atoms with van der Waals surface area (Å²) >= 11 is 1.88. The van der Waals surface area contributed by atoms with Crippen LogP contribution in [0.3, 0.4) is 0 Å². The summed E-state index contributed by atoms with van der Waals surface area (Å²) in [5.41, 5.74) is 1.04. The second-order valence-electron chi connectivity index (χ2n) is 5.49. The molecule has 3 nitrogen and oxygen atoms in total. The smallest absolute Gasteiger partial charge is 0.129 e. The molecule has 2 aliphatic rings. The number of benzene rings is 1. The number of aliphatic imine (C=N–C) groups is 1. The largest absolute Gasteiger partial charge is 0.320 e. The van der Waals surface area contributed by atoms with E-state index in [1.807, 2.05) is 36.2 Å². The zero-order valence-electron chi connectivity index (χ0n) is 12.6. The number of thioether (sulfide) groups is 1. The van der Waals surface area contributed by atoms with Gasteiger partial charge in [0.25, 0.3) is 0 Å². The van der Waals surface area contributed by atoms with Gasteiger partial charge in [0.1, 0.15) is 5.84 Å². The summed E-state index contributed by atoms with van der Waals surface area (Å²) < 4.78 is 0. The third kappa shape index (κ3) is 3.08. The summed E-state index contributed by atoms with van der Waals surface area (Å²) in [6.45, 7) is 0. The van der Waals surface area contributed by atoms with Crippen molar-refractivity contribution >= 4 is 17.6 Å². The Morgan fingerprint density at radius 1 is 1.00 bits per heavy atom. The molecule has 1 aromatic carbocycles. The van der Waals surface area contributed by atoms with Crippen molar-refractivity contribution in [1.82, 2.24) is 9.88 Å². The highest BCUT2D eigenvalue weighted by molar-refractivity contribution is 7.99. The lowest BCUT2D eigenvalue weighted by molar-refractivity contribution is 0.418. The van der Waals surface area contributed by atoms with Gasteiger partial charge >= 0.3 is 0 Å². The van der Waals surface area contributed by atoms with E-state index in [9.17, 15) is 0 Å². The van der Waals surface area contributed by atoms with Crippen molar-refractivity contribution in [2.24, 2.45) is 4.99 Å². The van der Waals surface area contributed by atoms with Gasteiger partial charge in [-0.25, -0.2) is 0 Å². The highest BCUT2D eigenvalue weighted by Gasteiger charge is 2.31. The van der Waals surface area contributed by atoms with E-state index in [1.165, 1.54) is 4.90 Å². The molecule has 23 heavy (non-hydrogen) atoms. The molecule has 0 amide bonds. The van der Waals surface area contributed by atoms with Crippen LogP contribution in [0.4, 0.5) is 0 Å². The van der Waals surface area contributed by atoms with Gasteiger partial charge in [0.05, 0.1) is 17.1 Å². The molecule has 114 valence electrons. The highest BCUT2D eigenvalue weighted by Crippen LogP contribution is 2.38. The summed E-state index contributed by atoms with van der Waals surface area (Å²) in [5.74, 6) is 1.02. The van der Waals surface area contributed by atoms with Gasteiger partial charge in [-0.1, -0.05) is 30.3 Å². The maximum absolute atomic E-state index is 4.89. The Morgan fingerprint density at radius 2 is 1.87 bits per heavy atom. The fourth-order valence-corrected chi connectivity index (χ4v) is 4.04. The maximum atomic E-state index is 4.89. The molecule has 0 N–H and O–H groups in total. The number of hydrogen-bond acceptors (Lipinski definition) is 4. The van der Waals surface area contributed by atoms with Crippen LogP contribution in [0.25, 0.3) is 0 Å². The lowest BCUT2D eigenvalue weighted by Gasteiger charge is -2.37. The van der Waals surface area contributed by atoms with Crippen molar-refractivity contribution in [3.8, 4) is 0 Å². The van der Waals surface area contributed by atoms with Gasteiger partial charge in [-0.05, 0) is 36.4 Å². The first kappa shape index (κ1) is 14.3. The third-order valence-corrected chi connectivity index (χ3v) is 5.17. The molecule has 2 aliphatic heterocycles. The van der Waals surface area contributed by atoms with Crippen LogP contribution in [-0.4, -0.2) is 21.1 Å². The van der Waals surface area contributed by atoms with Crippen LogP contribution in [0.1, 0.15) is 18.2 Å². The molecule has 2 aromatic rings. The number of allylic oxidation sites excluding steroid dienone is 2. The third-order valence-electron chi connectivity index (χ3n) is 3.94. The second kappa shape index (κ2) is 6.42. The van der Waals surface area contributed by atoms with Crippen LogP contribution >= 0.6 is 11.8 Å². The van der Waals surface area contributed by atoms with Crippen LogP contribution in [0.15, 0.2) is 89.0 Å². The van der Waals surface area contributed by atoms with E-state index >= 15 is 0 Å². The van der Waals surface area contributed by atoms with E-state index in [0.29, 0.717) is 5.37 Å². The average Bonchev–Trinajstić information content (AvgIpc) is 2.63. The summed E-state index contributed by atoms with van der Waals surface area (Å²) in [7, 11) is 0. The predicted octanol–water partition coefficient (Wildman–Crippen LogP) is 4.43. The summed E-state index contributed by atoms with van der Waals surface area (Å²) in [5, 5.41) is 0.318. The maximum Gasteiger partial charge on any atom is 0.129 e. The Hall–Kier alpha value is -2.33. The molecule has 2 unspecified atom stereocenters. The molecule has 0 aliphatic carbocycles. The number of nitrogens with zero attached hydrogens (tertiary/aromatic N) is 3. The summed E-state index contributed by atoms with van der Waals surface area (Å²) in [6.07, 6.45) is 11.1. The number of amidine groups is 1. The van der Waals surface area contributed by atoms with Crippen LogP contribution in [0, 0.1) is 0 Å². The summed E-state index contributed by atoms with van der Waals surface area (Å²) in [6, 6.07) is 16.7. The van der Waals surface area contributed by atoms with Crippen molar-refractivity contribution in [3.05, 3.63) is 84.8 Å². The molecule has 2 atom stereocenters. The zero-order chi connectivity index (χ0) is 15.5. The fraction of sp³-hybridized carbons (Fsp3) is 0.158. The van der Waals surface area contributed by atoms with Crippen LogP contribution < -0.4 is 0 Å². The second-order valence-corrected chi connectivity index (χ2v) is 6.74. The van der Waals surface area contributed by atoms with E-state index in [1.54, 1.807) is 0 Å². The van der Waals surface area contributed by atoms with Crippen molar-refractivity contribution in [1.29, 1.82) is 0 Å². The summed E-state index contributed by atoms with van der Waals surface area (Å²) in [4.78, 5) is 12.9. The monoisotopic (exact) mass is 319 g/mol. The number of rotatable bonds is 3. The van der Waals surface area contributed by atoms with E-state index in [0.717, 1.165) is 18.0 Å². The normalized spacial score (nSPS) is 22.6. The molecule has 0 radical (unpaired) electrons. The fourth-order valence-electron chi connectivity index (χ4n) is 2.84. The van der Waals surface area contributed by atoms with Crippen LogP contribution in [0.2, 0.25) is 0 Å². The molecule has 0 spiro atoms. The first-order chi connectivity index (χ1) is 11.4. The standard InChI is InChI=1S/C19H17N3S/c1-2-8-15(9-3-1)23-19-14-17(16-10-4-6-12-20-16)21-18-11-5-7-13-22(18)19/h1-13,17,19H,14H2. The average molecular weight is 319 g/mol. The molecule has 1 aromatic heterocycles. The lowest BCUT2D eigenvalue weighted by Crippen LogP contribution is -2.39. The van der Waals surface area contributed by atoms with Gasteiger partial charge < -0.3 is 4.90 Å². The van der Waals surface area contributed by atoms with Gasteiger partial charge in [-0.2, -0.15) is 0 Å². The first-order valence-corrected chi connectivity index (χ1v) is 8.62. The lowest BCUT2D eigenvalue weighted by atomic mass is 10.1. The van der Waals surface area contributed by atoms with Gasteiger partial charge in [-0.3, -0.25) is 9.98 Å². The first-order valence-electron chi connectivity index (χ1n) is 7.74. The molecule has 0 fully saturated rings. The molecule has 0 saturated heterocycles. The molecular weight excluding hydrogens is 302 g/mol. The Morgan fingerprint density at radius 3 is 2.70 bits per heavy atom. The Balaban J connectivity index is 1.65. The molecule has 4 rings (SSSR count). The topological polar surface area (TPSA) is 28.5 Å². The minimum Gasteiger partial charge on any atom is -0.320 e. The quantitative estimate of drug-likeness (QED) is 0.838. The van der Waals surface area contributed by atoms with Crippen LogP contribution in [-0.2, 0) is 0 Å². The molecular formula is C19H17N3S. The SMILES string of the molecule is C1=CC2=NC(c3ccccn3)CC(Sc3ccccc3)N2C=C1. The van der Waals surface area contributed by atoms with E-state index in [4.69, 9.17) is 4.99 Å². The highest BCUT2D eigenvalue weighted by atomic mass is 32.2. The molecule has 0 bridgehead atoms. The molecule has 3 heterocycles. The molecule has 4 heteroatoms. The van der Waals surface area contributed by atoms with E-state index in [2.05, 4.69) is 64.6 Å². The Labute approximate surface area is 140 Å². The molecule has 0 saturated carbocycles. The van der Waals surface area contributed by atoms with Crippen molar-refractivity contribution in [3.63, 3.8) is 0 Å². The van der Waals surface area contributed by atoms with E-state index in [-0.39, 0.29) is 6.04 Å². The predicted molar refractivity (Wildman–Crippen MR) is 95.2 cm³/mol. The Kier molecular flexibility index (Phi) is 3.99. The zero-order valence-corrected chi connectivity index (χ0v) is 13.4. The van der Waals surface area contributed by atoms with Crippen molar-refractivity contribution in [2.45, 2.75) is 22.7 Å². The number of aromatic nitrogens is 1. The van der Waals surface area contributed by atoms with Crippen molar-refractivity contribution in [2.75, 3.05) is 0 Å². The van der Waals surface area contributed by atoms with E-state index < -0.39 is 0 Å². The number of fused-ring (bicyclic) bond motifs is 1. The minimum atomic E-state index is 0.111. The number of hydrogen-bond donors (Lipinski definition) is 0. The van der Waals surface area contributed by atoms with Gasteiger partial charge in [-0.15, -0.1) is 11.8 Å². The van der Waals surface area contributed by atoms with Crippen LogP contribution in [0.5, 0.6) is 0 Å². The minimum absolute atomic E-state index is 0.111. The number of pyridine rings is 1. The van der Waals surface area contributed by atoms with Gasteiger partial charge in [0.15, 0.2) is 0 Å². The van der Waals surface area contributed by atoms with Crippen molar-refractivity contribution < 1.29 is 0 Å².